The SMILES string of the molecule is COc1cccc(CC(C)NC(=O)NCCOc2ccc(C)cc2)c1. The van der Waals surface area contributed by atoms with Crippen molar-refractivity contribution in [3.05, 3.63) is 59.7 Å². The molecule has 2 amide bonds. The Bertz CT molecular complexity index is 671. The zero-order chi connectivity index (χ0) is 18.1. The molecule has 0 spiro atoms. The first-order valence-electron chi connectivity index (χ1n) is 8.43. The molecule has 5 nitrogen and oxygen atoms in total. The number of hydrogen-bond donors (Lipinski definition) is 2. The molecule has 1 unspecified atom stereocenters. The van der Waals surface area contributed by atoms with Gasteiger partial charge < -0.3 is 20.1 Å². The van der Waals surface area contributed by atoms with E-state index in [4.69, 9.17) is 9.47 Å². The summed E-state index contributed by atoms with van der Waals surface area (Å²) in [7, 11) is 1.65. The third-order valence-corrected chi connectivity index (χ3v) is 3.73. The van der Waals surface area contributed by atoms with E-state index in [1.165, 1.54) is 5.56 Å². The Morgan fingerprint density at radius 2 is 1.88 bits per heavy atom. The third-order valence-electron chi connectivity index (χ3n) is 3.73. The number of amides is 2. The lowest BCUT2D eigenvalue weighted by molar-refractivity contribution is 0.233. The predicted octanol–water partition coefficient (Wildman–Crippen LogP) is 3.31. The number of aryl methyl sites for hydroxylation is 1. The molecule has 0 heterocycles. The van der Waals surface area contributed by atoms with Crippen LogP contribution in [0.1, 0.15) is 18.1 Å². The lowest BCUT2D eigenvalue weighted by Gasteiger charge is -2.15. The summed E-state index contributed by atoms with van der Waals surface area (Å²) in [5.41, 5.74) is 2.31. The van der Waals surface area contributed by atoms with E-state index in [0.29, 0.717) is 13.2 Å². The summed E-state index contributed by atoms with van der Waals surface area (Å²) in [6.45, 7) is 4.89. The normalized spacial score (nSPS) is 11.5. The molecule has 0 bridgehead atoms. The summed E-state index contributed by atoms with van der Waals surface area (Å²) in [6.07, 6.45) is 0.741. The number of rotatable bonds is 8. The van der Waals surface area contributed by atoms with E-state index in [1.807, 2.05) is 62.4 Å². The highest BCUT2D eigenvalue weighted by Gasteiger charge is 2.08. The largest absolute Gasteiger partial charge is 0.497 e. The van der Waals surface area contributed by atoms with Crippen molar-refractivity contribution < 1.29 is 14.3 Å². The predicted molar refractivity (Wildman–Crippen MR) is 99.4 cm³/mol. The van der Waals surface area contributed by atoms with Crippen LogP contribution in [0.3, 0.4) is 0 Å². The molecule has 5 heteroatoms. The van der Waals surface area contributed by atoms with E-state index < -0.39 is 0 Å². The van der Waals surface area contributed by atoms with E-state index in [0.717, 1.165) is 23.5 Å². The van der Waals surface area contributed by atoms with Crippen LogP contribution < -0.4 is 20.1 Å². The van der Waals surface area contributed by atoms with Crippen molar-refractivity contribution in [3.8, 4) is 11.5 Å². The quantitative estimate of drug-likeness (QED) is 0.724. The second-order valence-corrected chi connectivity index (χ2v) is 6.02. The summed E-state index contributed by atoms with van der Waals surface area (Å²) < 4.78 is 10.8. The average Bonchev–Trinajstić information content (AvgIpc) is 2.60. The molecule has 1 atom stereocenters. The Labute approximate surface area is 149 Å². The maximum atomic E-state index is 11.9. The minimum absolute atomic E-state index is 0.0186. The number of nitrogens with one attached hydrogen (secondary N) is 2. The number of carbonyl (C=O) groups is 1. The highest BCUT2D eigenvalue weighted by Crippen LogP contribution is 2.14. The van der Waals surface area contributed by atoms with Crippen molar-refractivity contribution >= 4 is 6.03 Å². The van der Waals surface area contributed by atoms with Crippen LogP contribution in [0.4, 0.5) is 4.79 Å². The maximum Gasteiger partial charge on any atom is 0.315 e. The lowest BCUT2D eigenvalue weighted by atomic mass is 10.1. The monoisotopic (exact) mass is 342 g/mol. The topological polar surface area (TPSA) is 59.6 Å². The highest BCUT2D eigenvalue weighted by molar-refractivity contribution is 5.74. The fraction of sp³-hybridized carbons (Fsp3) is 0.350. The van der Waals surface area contributed by atoms with Gasteiger partial charge in [-0.25, -0.2) is 4.79 Å². The van der Waals surface area contributed by atoms with Gasteiger partial charge >= 0.3 is 6.03 Å². The van der Waals surface area contributed by atoms with Gasteiger partial charge in [0.25, 0.3) is 0 Å². The zero-order valence-electron chi connectivity index (χ0n) is 15.0. The van der Waals surface area contributed by atoms with Crippen molar-refractivity contribution in [1.29, 1.82) is 0 Å². The van der Waals surface area contributed by atoms with Crippen LogP contribution in [0, 0.1) is 6.92 Å². The van der Waals surface area contributed by atoms with Gasteiger partial charge in [0.05, 0.1) is 13.7 Å². The molecule has 25 heavy (non-hydrogen) atoms. The molecule has 0 aliphatic heterocycles. The van der Waals surface area contributed by atoms with Gasteiger partial charge in [-0.2, -0.15) is 0 Å². The Hall–Kier alpha value is -2.69. The zero-order valence-corrected chi connectivity index (χ0v) is 15.0. The van der Waals surface area contributed by atoms with Gasteiger partial charge in [-0.05, 0) is 50.1 Å². The molecular formula is C20H26N2O3. The molecule has 0 saturated heterocycles. The average molecular weight is 342 g/mol. The second-order valence-electron chi connectivity index (χ2n) is 6.02. The smallest absolute Gasteiger partial charge is 0.315 e. The molecule has 0 radical (unpaired) electrons. The van der Waals surface area contributed by atoms with E-state index in [9.17, 15) is 4.79 Å². The number of carbonyl (C=O) groups excluding carboxylic acids is 1. The van der Waals surface area contributed by atoms with Crippen LogP contribution in [-0.4, -0.2) is 32.3 Å². The molecule has 0 aliphatic rings. The van der Waals surface area contributed by atoms with Crippen LogP contribution in [0.2, 0.25) is 0 Å². The van der Waals surface area contributed by atoms with Crippen LogP contribution in [0.15, 0.2) is 48.5 Å². The second kappa shape index (κ2) is 9.57. The van der Waals surface area contributed by atoms with E-state index in [2.05, 4.69) is 10.6 Å². The minimum Gasteiger partial charge on any atom is -0.497 e. The highest BCUT2D eigenvalue weighted by atomic mass is 16.5. The summed E-state index contributed by atoms with van der Waals surface area (Å²) in [5, 5.41) is 5.73. The van der Waals surface area contributed by atoms with E-state index in [1.54, 1.807) is 7.11 Å². The van der Waals surface area contributed by atoms with Gasteiger partial charge in [0, 0.05) is 6.04 Å². The molecule has 2 aromatic rings. The minimum atomic E-state index is -0.192. The molecule has 0 fully saturated rings. The van der Waals surface area contributed by atoms with Gasteiger partial charge in [-0.1, -0.05) is 29.8 Å². The van der Waals surface area contributed by atoms with Gasteiger partial charge in [0.1, 0.15) is 18.1 Å². The van der Waals surface area contributed by atoms with Crippen molar-refractivity contribution in [1.82, 2.24) is 10.6 Å². The molecule has 2 rings (SSSR count). The summed E-state index contributed by atoms with van der Waals surface area (Å²) in [5.74, 6) is 1.63. The fourth-order valence-electron chi connectivity index (χ4n) is 2.45. The fourth-order valence-corrected chi connectivity index (χ4v) is 2.45. The summed E-state index contributed by atoms with van der Waals surface area (Å²) in [6, 6.07) is 15.5. The number of hydrogen-bond acceptors (Lipinski definition) is 3. The standard InChI is InChI=1S/C20H26N2O3/c1-15-7-9-18(10-8-15)25-12-11-21-20(23)22-16(2)13-17-5-4-6-19(14-17)24-3/h4-10,14,16H,11-13H2,1-3H3,(H2,21,22,23). The van der Waals surface area contributed by atoms with Crippen molar-refractivity contribution in [2.75, 3.05) is 20.3 Å². The number of ether oxygens (including phenoxy) is 2. The van der Waals surface area contributed by atoms with Crippen molar-refractivity contribution in [2.45, 2.75) is 26.3 Å². The summed E-state index contributed by atoms with van der Waals surface area (Å²) in [4.78, 5) is 11.9. The first-order chi connectivity index (χ1) is 12.1. The number of benzene rings is 2. The van der Waals surface area contributed by atoms with Crippen molar-refractivity contribution in [2.24, 2.45) is 0 Å². The Morgan fingerprint density at radius 3 is 2.60 bits per heavy atom. The Kier molecular flexibility index (Phi) is 7.14. The van der Waals surface area contributed by atoms with E-state index >= 15 is 0 Å². The molecule has 0 aliphatic carbocycles. The first kappa shape index (κ1) is 18.6. The van der Waals surface area contributed by atoms with Gasteiger partial charge in [-0.3, -0.25) is 0 Å². The summed E-state index contributed by atoms with van der Waals surface area (Å²) >= 11 is 0. The van der Waals surface area contributed by atoms with Crippen molar-refractivity contribution in [3.63, 3.8) is 0 Å². The van der Waals surface area contributed by atoms with Gasteiger partial charge in [0.2, 0.25) is 0 Å². The van der Waals surface area contributed by atoms with Crippen LogP contribution >= 0.6 is 0 Å². The molecule has 2 N–H and O–H groups in total. The Balaban J connectivity index is 1.66. The Morgan fingerprint density at radius 1 is 1.12 bits per heavy atom. The van der Waals surface area contributed by atoms with E-state index in [-0.39, 0.29) is 12.1 Å². The van der Waals surface area contributed by atoms with Gasteiger partial charge in [-0.15, -0.1) is 0 Å². The molecule has 0 saturated carbocycles. The van der Waals surface area contributed by atoms with Gasteiger partial charge in [0.15, 0.2) is 0 Å². The van der Waals surface area contributed by atoms with Crippen LogP contribution in [-0.2, 0) is 6.42 Å². The molecule has 134 valence electrons. The molecule has 2 aromatic carbocycles. The van der Waals surface area contributed by atoms with Crippen LogP contribution in [0.25, 0.3) is 0 Å². The molecule has 0 aromatic heterocycles. The number of methoxy groups -OCH3 is 1. The first-order valence-corrected chi connectivity index (χ1v) is 8.43. The van der Waals surface area contributed by atoms with Crippen LogP contribution in [0.5, 0.6) is 11.5 Å². The number of urea groups is 1. The lowest BCUT2D eigenvalue weighted by Crippen LogP contribution is -2.43. The third kappa shape index (κ3) is 6.75. The maximum absolute atomic E-state index is 11.9. The molecular weight excluding hydrogens is 316 g/mol.